The molecule has 0 fully saturated rings. The minimum atomic E-state index is -0.324. The molecular formula is C21H17N3O3. The number of hydrogen-bond acceptors (Lipinski definition) is 4. The van der Waals surface area contributed by atoms with E-state index in [-0.39, 0.29) is 6.03 Å². The quantitative estimate of drug-likeness (QED) is 0.528. The van der Waals surface area contributed by atoms with Gasteiger partial charge in [-0.2, -0.15) is 0 Å². The fraction of sp³-hybridized carbons (Fsp3) is 0.0476. The zero-order valence-electron chi connectivity index (χ0n) is 14.6. The summed E-state index contributed by atoms with van der Waals surface area (Å²) in [4.78, 5) is 16.6. The molecule has 4 rings (SSSR count). The van der Waals surface area contributed by atoms with E-state index < -0.39 is 0 Å². The Hall–Kier alpha value is -3.80. The topological polar surface area (TPSA) is 76.4 Å². The first-order chi connectivity index (χ1) is 13.2. The zero-order chi connectivity index (χ0) is 18.6. The van der Waals surface area contributed by atoms with Gasteiger partial charge in [0.05, 0.1) is 7.11 Å². The molecule has 0 saturated heterocycles. The standard InChI is InChI=1S/C21H17N3O3/c1-26-17-12-10-16(11-13-17)23-21(25)22-15-8-6-14(7-9-15)20-24-18-4-2-3-5-19(18)27-20/h2-13H,1H3,(H2,22,23,25). The number of hydrogen-bond donors (Lipinski definition) is 2. The normalized spacial score (nSPS) is 10.6. The summed E-state index contributed by atoms with van der Waals surface area (Å²) in [5.41, 5.74) is 3.74. The van der Waals surface area contributed by atoms with Gasteiger partial charge in [0.2, 0.25) is 5.89 Å². The number of ether oxygens (including phenoxy) is 1. The molecule has 0 aliphatic carbocycles. The second kappa shape index (κ2) is 7.21. The molecule has 2 N–H and O–H groups in total. The molecule has 0 bridgehead atoms. The molecule has 0 unspecified atom stereocenters. The van der Waals surface area contributed by atoms with Crippen LogP contribution in [0.1, 0.15) is 0 Å². The summed E-state index contributed by atoms with van der Waals surface area (Å²) in [7, 11) is 1.60. The molecule has 1 heterocycles. The molecule has 1 aromatic heterocycles. The van der Waals surface area contributed by atoms with Crippen LogP contribution < -0.4 is 15.4 Å². The number of nitrogens with one attached hydrogen (secondary N) is 2. The van der Waals surface area contributed by atoms with Gasteiger partial charge >= 0.3 is 6.03 Å². The van der Waals surface area contributed by atoms with Gasteiger partial charge in [-0.3, -0.25) is 0 Å². The van der Waals surface area contributed by atoms with Gasteiger partial charge in [0.25, 0.3) is 0 Å². The number of anilines is 2. The molecule has 0 spiro atoms. The van der Waals surface area contributed by atoms with Crippen molar-refractivity contribution in [1.82, 2.24) is 4.98 Å². The lowest BCUT2D eigenvalue weighted by atomic mass is 10.2. The first-order valence-electron chi connectivity index (χ1n) is 8.39. The number of amides is 2. The smallest absolute Gasteiger partial charge is 0.323 e. The molecule has 0 atom stereocenters. The summed E-state index contributed by atoms with van der Waals surface area (Å²) in [5, 5.41) is 5.56. The number of carbonyl (C=O) groups is 1. The number of methoxy groups -OCH3 is 1. The van der Waals surface area contributed by atoms with Crippen LogP contribution in [0.2, 0.25) is 0 Å². The number of para-hydroxylation sites is 2. The van der Waals surface area contributed by atoms with Gasteiger partial charge in [-0.05, 0) is 60.7 Å². The molecule has 0 saturated carbocycles. The molecule has 0 aliphatic rings. The Bertz CT molecular complexity index is 1040. The van der Waals surface area contributed by atoms with Crippen molar-refractivity contribution in [2.45, 2.75) is 0 Å². The van der Waals surface area contributed by atoms with Gasteiger partial charge in [0.1, 0.15) is 11.3 Å². The number of rotatable bonds is 4. The predicted octanol–water partition coefficient (Wildman–Crippen LogP) is 5.15. The third-order valence-electron chi connectivity index (χ3n) is 4.03. The van der Waals surface area contributed by atoms with Crippen molar-refractivity contribution >= 4 is 28.5 Å². The fourth-order valence-electron chi connectivity index (χ4n) is 2.66. The van der Waals surface area contributed by atoms with E-state index in [0.29, 0.717) is 17.3 Å². The average molecular weight is 359 g/mol. The lowest BCUT2D eigenvalue weighted by molar-refractivity contribution is 0.262. The molecule has 2 amide bonds. The Kier molecular flexibility index (Phi) is 4.45. The highest BCUT2D eigenvalue weighted by atomic mass is 16.5. The first-order valence-corrected chi connectivity index (χ1v) is 8.39. The Balaban J connectivity index is 1.43. The number of urea groups is 1. The van der Waals surface area contributed by atoms with Gasteiger partial charge in [-0.25, -0.2) is 9.78 Å². The van der Waals surface area contributed by atoms with E-state index in [1.807, 2.05) is 36.4 Å². The first kappa shape index (κ1) is 16.7. The maximum atomic E-state index is 12.1. The number of fused-ring (bicyclic) bond motifs is 1. The van der Waals surface area contributed by atoms with Gasteiger partial charge in [-0.15, -0.1) is 0 Å². The monoisotopic (exact) mass is 359 g/mol. The third kappa shape index (κ3) is 3.74. The maximum absolute atomic E-state index is 12.1. The molecule has 6 heteroatoms. The van der Waals surface area contributed by atoms with Crippen molar-refractivity contribution in [3.63, 3.8) is 0 Å². The summed E-state index contributed by atoms with van der Waals surface area (Å²) >= 11 is 0. The van der Waals surface area contributed by atoms with E-state index in [9.17, 15) is 4.79 Å². The van der Waals surface area contributed by atoms with Crippen LogP contribution >= 0.6 is 0 Å². The van der Waals surface area contributed by atoms with Gasteiger partial charge in [0, 0.05) is 16.9 Å². The van der Waals surface area contributed by atoms with E-state index in [1.165, 1.54) is 0 Å². The van der Waals surface area contributed by atoms with E-state index in [4.69, 9.17) is 9.15 Å². The molecular weight excluding hydrogens is 342 g/mol. The summed E-state index contributed by atoms with van der Waals surface area (Å²) < 4.78 is 10.8. The average Bonchev–Trinajstić information content (AvgIpc) is 3.13. The highest BCUT2D eigenvalue weighted by molar-refractivity contribution is 5.99. The third-order valence-corrected chi connectivity index (χ3v) is 4.03. The largest absolute Gasteiger partial charge is 0.497 e. The summed E-state index contributed by atoms with van der Waals surface area (Å²) in [5.74, 6) is 1.28. The highest BCUT2D eigenvalue weighted by Crippen LogP contribution is 2.25. The van der Waals surface area contributed by atoms with Crippen LogP contribution in [-0.4, -0.2) is 18.1 Å². The second-order valence-electron chi connectivity index (χ2n) is 5.87. The van der Waals surface area contributed by atoms with E-state index in [0.717, 1.165) is 22.4 Å². The fourth-order valence-corrected chi connectivity index (χ4v) is 2.66. The lowest BCUT2D eigenvalue weighted by Gasteiger charge is -2.08. The highest BCUT2D eigenvalue weighted by Gasteiger charge is 2.08. The molecule has 0 aliphatic heterocycles. The number of carbonyl (C=O) groups excluding carboxylic acids is 1. The summed E-state index contributed by atoms with van der Waals surface area (Å²) in [6.07, 6.45) is 0. The molecule has 27 heavy (non-hydrogen) atoms. The zero-order valence-corrected chi connectivity index (χ0v) is 14.6. The maximum Gasteiger partial charge on any atom is 0.323 e. The van der Waals surface area contributed by atoms with Crippen LogP contribution in [0.4, 0.5) is 16.2 Å². The minimum Gasteiger partial charge on any atom is -0.497 e. The number of aromatic nitrogens is 1. The van der Waals surface area contributed by atoms with Crippen LogP contribution in [0.25, 0.3) is 22.6 Å². The number of benzene rings is 3. The number of oxazole rings is 1. The van der Waals surface area contributed by atoms with Crippen molar-refractivity contribution < 1.29 is 13.9 Å². The summed E-state index contributed by atoms with van der Waals surface area (Å²) in [6.45, 7) is 0. The van der Waals surface area contributed by atoms with Gasteiger partial charge < -0.3 is 19.8 Å². The predicted molar refractivity (Wildman–Crippen MR) is 105 cm³/mol. The lowest BCUT2D eigenvalue weighted by Crippen LogP contribution is -2.19. The van der Waals surface area contributed by atoms with Crippen LogP contribution in [0.3, 0.4) is 0 Å². The molecule has 134 valence electrons. The van der Waals surface area contributed by atoms with Crippen LogP contribution in [0, 0.1) is 0 Å². The van der Waals surface area contributed by atoms with Crippen LogP contribution in [0.5, 0.6) is 5.75 Å². The van der Waals surface area contributed by atoms with Gasteiger partial charge in [-0.1, -0.05) is 12.1 Å². The molecule has 6 nitrogen and oxygen atoms in total. The molecule has 0 radical (unpaired) electrons. The molecule has 3 aromatic carbocycles. The Morgan fingerprint density at radius 1 is 0.889 bits per heavy atom. The molecule has 4 aromatic rings. The van der Waals surface area contributed by atoms with Crippen molar-refractivity contribution in [3.05, 3.63) is 72.8 Å². The Morgan fingerprint density at radius 2 is 1.52 bits per heavy atom. The number of nitrogens with zero attached hydrogens (tertiary/aromatic N) is 1. The van der Waals surface area contributed by atoms with Crippen LogP contribution in [0.15, 0.2) is 77.2 Å². The Labute approximate surface area is 155 Å². The van der Waals surface area contributed by atoms with E-state index >= 15 is 0 Å². The summed E-state index contributed by atoms with van der Waals surface area (Å²) in [6, 6.07) is 21.7. The van der Waals surface area contributed by atoms with Crippen molar-refractivity contribution in [1.29, 1.82) is 0 Å². The SMILES string of the molecule is COc1ccc(NC(=O)Nc2ccc(-c3nc4ccccc4o3)cc2)cc1. The van der Waals surface area contributed by atoms with Crippen LogP contribution in [-0.2, 0) is 0 Å². The second-order valence-corrected chi connectivity index (χ2v) is 5.87. The van der Waals surface area contributed by atoms with E-state index in [2.05, 4.69) is 15.6 Å². The Morgan fingerprint density at radius 3 is 2.15 bits per heavy atom. The van der Waals surface area contributed by atoms with E-state index in [1.54, 1.807) is 43.5 Å². The van der Waals surface area contributed by atoms with Crippen molar-refractivity contribution in [3.8, 4) is 17.2 Å². The minimum absolute atomic E-state index is 0.324. The van der Waals surface area contributed by atoms with Gasteiger partial charge in [0.15, 0.2) is 5.58 Å². The van der Waals surface area contributed by atoms with Crippen molar-refractivity contribution in [2.24, 2.45) is 0 Å². The van der Waals surface area contributed by atoms with Crippen molar-refractivity contribution in [2.75, 3.05) is 17.7 Å².